The lowest BCUT2D eigenvalue weighted by Crippen LogP contribution is -2.81. The van der Waals surface area contributed by atoms with Gasteiger partial charge in [-0.3, -0.25) is 9.82 Å². The molecule has 24 heteroatoms. The SMILES string of the molecule is CCO[n+]1ccncc1.Fc1c(F)c(F)c([B-](c2c(F)c(F)c(F)c(F)c2F)(c2c(F)c(F)c(F)c(F)c2F)c2c(F)c(F)c(F)c(F)c2F)c(F)c1F. The van der Waals surface area contributed by atoms with Gasteiger partial charge in [-0.25, -0.2) is 87.8 Å². The van der Waals surface area contributed by atoms with E-state index < -0.39 is 144 Å². The average molecular weight is 804 g/mol. The predicted molar refractivity (Wildman–Crippen MR) is 141 cm³/mol. The van der Waals surface area contributed by atoms with Gasteiger partial charge in [0.05, 0.1) is 12.4 Å². The Hall–Kier alpha value is -5.58. The summed E-state index contributed by atoms with van der Waals surface area (Å²) in [6.07, 6.45) is -0.358. The molecule has 0 saturated carbocycles. The minimum atomic E-state index is -7.22. The summed E-state index contributed by atoms with van der Waals surface area (Å²) in [5, 5.41) is 0. The molecule has 0 radical (unpaired) electrons. The van der Waals surface area contributed by atoms with E-state index in [9.17, 15) is 52.7 Å². The van der Waals surface area contributed by atoms with Crippen molar-refractivity contribution in [1.82, 2.24) is 4.98 Å². The van der Waals surface area contributed by atoms with E-state index in [4.69, 9.17) is 4.84 Å². The van der Waals surface area contributed by atoms with Gasteiger partial charge in [-0.2, -0.15) is 0 Å². The normalized spacial score (nSPS) is 11.5. The molecule has 0 amide bonds. The third-order valence-electron chi connectivity index (χ3n) is 7.58. The van der Waals surface area contributed by atoms with E-state index in [1.54, 1.807) is 29.5 Å². The zero-order valence-electron chi connectivity index (χ0n) is 25.5. The van der Waals surface area contributed by atoms with Crippen LogP contribution in [0.3, 0.4) is 0 Å². The van der Waals surface area contributed by atoms with Gasteiger partial charge in [0.2, 0.25) is 12.4 Å². The van der Waals surface area contributed by atoms with Crippen molar-refractivity contribution >= 4 is 28.0 Å². The Bertz CT molecular complexity index is 1930. The topological polar surface area (TPSA) is 26.0 Å². The first-order chi connectivity index (χ1) is 25.1. The van der Waals surface area contributed by atoms with E-state index in [1.165, 1.54) is 0 Å². The first-order valence-corrected chi connectivity index (χ1v) is 13.8. The molecule has 0 aliphatic heterocycles. The molecule has 4 aromatic carbocycles. The van der Waals surface area contributed by atoms with Crippen LogP contribution >= 0.6 is 0 Å². The molecule has 54 heavy (non-hydrogen) atoms. The smallest absolute Gasteiger partial charge is 0.240 e. The van der Waals surface area contributed by atoms with Crippen LogP contribution in [-0.4, -0.2) is 17.7 Å². The summed E-state index contributed by atoms with van der Waals surface area (Å²) in [5.41, 5.74) is -14.3. The van der Waals surface area contributed by atoms with Gasteiger partial charge in [0.1, 0.15) is 52.7 Å². The van der Waals surface area contributed by atoms with E-state index in [0.717, 1.165) is 0 Å². The van der Waals surface area contributed by atoms with Crippen molar-refractivity contribution in [2.24, 2.45) is 0 Å². The minimum Gasteiger partial charge on any atom is -0.272 e. The third kappa shape index (κ3) is 6.09. The summed E-state index contributed by atoms with van der Waals surface area (Å²) in [7, 11) is 0. The van der Waals surface area contributed by atoms with Crippen LogP contribution in [0.15, 0.2) is 24.8 Å². The number of benzene rings is 4. The fourth-order valence-electron chi connectivity index (χ4n) is 5.42. The zero-order valence-corrected chi connectivity index (χ0v) is 25.5. The molecule has 3 nitrogen and oxygen atoms in total. The molecule has 0 N–H and O–H groups in total. The summed E-state index contributed by atoms with van der Waals surface area (Å²) < 4.78 is 296. The summed E-state index contributed by atoms with van der Waals surface area (Å²) in [4.78, 5) is 8.91. The fraction of sp³-hybridized carbons (Fsp3) is 0.0667. The third-order valence-corrected chi connectivity index (χ3v) is 7.58. The molecular formula is C30H9BF20N2O. The van der Waals surface area contributed by atoms with Gasteiger partial charge in [-0.05, 0) is 6.92 Å². The number of nitrogens with zero attached hydrogens (tertiary/aromatic N) is 2. The first kappa shape index (κ1) is 41.2. The Morgan fingerprint density at radius 2 is 0.556 bits per heavy atom. The summed E-state index contributed by atoms with van der Waals surface area (Å²) in [5.74, 6) is -71.4. The van der Waals surface area contributed by atoms with Crippen molar-refractivity contribution in [2.75, 3.05) is 6.61 Å². The second-order valence-corrected chi connectivity index (χ2v) is 10.3. The standard InChI is InChI=1S/C24BF20.C6H9N2O/c26-5-1(6(27)14(35)21(42)13(5)34)25(2-7(28)15(36)22(43)16(37)8(2)29,3-9(30)17(38)23(44)18(39)10(3)31)4-11(32)19(40)24(45)20(41)12(4)33;1-2-9-8-5-3-7-4-6-8/h;3-6H,2H2,1H3/q-1;+1. The Morgan fingerprint density at radius 3 is 0.741 bits per heavy atom. The van der Waals surface area contributed by atoms with Crippen LogP contribution in [0.5, 0.6) is 0 Å². The highest BCUT2D eigenvalue weighted by Gasteiger charge is 2.52. The van der Waals surface area contributed by atoms with Gasteiger partial charge < -0.3 is 0 Å². The molecule has 5 rings (SSSR count). The van der Waals surface area contributed by atoms with E-state index in [-0.39, 0.29) is 0 Å². The molecule has 0 fully saturated rings. The summed E-state index contributed by atoms with van der Waals surface area (Å²) in [6.45, 7) is 2.61. The van der Waals surface area contributed by atoms with Gasteiger partial charge in [0.25, 0.3) is 0 Å². The zero-order chi connectivity index (χ0) is 40.9. The number of aromatic nitrogens is 2. The van der Waals surface area contributed by atoms with Gasteiger partial charge >= 0.3 is 0 Å². The van der Waals surface area contributed by atoms with Crippen molar-refractivity contribution < 1.29 is 97.4 Å². The van der Waals surface area contributed by atoms with Gasteiger partial charge in [0.15, 0.2) is 76.4 Å². The first-order valence-electron chi connectivity index (χ1n) is 13.8. The molecule has 0 unspecified atom stereocenters. The van der Waals surface area contributed by atoms with Crippen molar-refractivity contribution in [1.29, 1.82) is 0 Å². The lowest BCUT2D eigenvalue weighted by molar-refractivity contribution is -0.891. The van der Waals surface area contributed by atoms with Crippen molar-refractivity contribution in [2.45, 2.75) is 6.92 Å². The van der Waals surface area contributed by atoms with Crippen LogP contribution in [0.2, 0.25) is 0 Å². The second kappa shape index (κ2) is 15.0. The van der Waals surface area contributed by atoms with Gasteiger partial charge in [0, 0.05) is 4.73 Å². The summed E-state index contributed by atoms with van der Waals surface area (Å²) >= 11 is 0. The van der Waals surface area contributed by atoms with E-state index in [0.29, 0.717) is 6.61 Å². The predicted octanol–water partition coefficient (Wildman–Crippen LogP) is 5.66. The van der Waals surface area contributed by atoms with E-state index in [1.807, 2.05) is 6.92 Å². The quantitative estimate of drug-likeness (QED) is 0.0729. The van der Waals surface area contributed by atoms with Crippen LogP contribution in [0, 0.1) is 116 Å². The maximum atomic E-state index is 15.4. The van der Waals surface area contributed by atoms with E-state index in [2.05, 4.69) is 4.98 Å². The fourth-order valence-corrected chi connectivity index (χ4v) is 5.42. The molecule has 0 spiro atoms. The van der Waals surface area contributed by atoms with Gasteiger partial charge in [-0.15, -0.1) is 21.9 Å². The summed E-state index contributed by atoms with van der Waals surface area (Å²) in [6, 6.07) is 0. The van der Waals surface area contributed by atoms with Crippen molar-refractivity contribution in [3.8, 4) is 0 Å². The molecule has 0 atom stereocenters. The molecule has 288 valence electrons. The highest BCUT2D eigenvalue weighted by Crippen LogP contribution is 2.30. The Labute approximate surface area is 285 Å². The molecule has 0 saturated heterocycles. The lowest BCUT2D eigenvalue weighted by atomic mass is 9.12. The molecule has 1 aromatic heterocycles. The minimum absolute atomic E-state index is 0.675. The largest absolute Gasteiger partial charge is 0.272 e. The number of hydrogen-bond acceptors (Lipinski definition) is 2. The maximum Gasteiger partial charge on any atom is 0.240 e. The molecule has 0 aliphatic rings. The Morgan fingerprint density at radius 1 is 0.370 bits per heavy atom. The molecule has 0 bridgehead atoms. The molecule has 0 aliphatic carbocycles. The second-order valence-electron chi connectivity index (χ2n) is 10.3. The van der Waals surface area contributed by atoms with Crippen molar-refractivity contribution in [3.63, 3.8) is 0 Å². The lowest BCUT2D eigenvalue weighted by Gasteiger charge is -2.44. The average Bonchev–Trinajstić information content (AvgIpc) is 3.15. The highest BCUT2D eigenvalue weighted by atomic mass is 19.2. The number of rotatable bonds is 6. The van der Waals surface area contributed by atoms with Crippen LogP contribution in [-0.2, 0) is 0 Å². The maximum absolute atomic E-state index is 15.4. The van der Waals surface area contributed by atoms with Crippen molar-refractivity contribution in [3.05, 3.63) is 141 Å². The van der Waals surface area contributed by atoms with Crippen LogP contribution in [0.4, 0.5) is 87.8 Å². The Kier molecular flexibility index (Phi) is 11.5. The number of halogens is 20. The Balaban J connectivity index is 0.000000631. The van der Waals surface area contributed by atoms with Crippen LogP contribution < -0.4 is 31.4 Å². The monoisotopic (exact) mass is 804 g/mol. The van der Waals surface area contributed by atoms with Crippen LogP contribution in [0.1, 0.15) is 6.92 Å². The highest BCUT2D eigenvalue weighted by molar-refractivity contribution is 7.20. The van der Waals surface area contributed by atoms with Crippen LogP contribution in [0.25, 0.3) is 0 Å². The van der Waals surface area contributed by atoms with E-state index >= 15 is 35.1 Å². The molecule has 5 aromatic rings. The number of hydrogen-bond donors (Lipinski definition) is 0. The van der Waals surface area contributed by atoms with Gasteiger partial charge in [-0.1, -0.05) is 0 Å². The molecule has 1 heterocycles. The molecular weight excluding hydrogens is 795 g/mol.